The zero-order valence-electron chi connectivity index (χ0n) is 14.5. The number of furan rings is 1. The molecule has 2 aromatic heterocycles. The first-order valence-corrected chi connectivity index (χ1v) is 10.5. The summed E-state index contributed by atoms with van der Waals surface area (Å²) < 4.78 is 30.3. The number of pyridine rings is 1. The van der Waals surface area contributed by atoms with E-state index in [1.165, 1.54) is 0 Å². The van der Waals surface area contributed by atoms with E-state index in [-0.39, 0.29) is 29.5 Å². The number of aryl methyl sites for hydroxylation is 1. The van der Waals surface area contributed by atoms with E-state index in [0.29, 0.717) is 25.2 Å². The summed E-state index contributed by atoms with van der Waals surface area (Å²) in [5.74, 6) is 1.62. The van der Waals surface area contributed by atoms with Crippen molar-refractivity contribution in [1.82, 2.24) is 14.8 Å². The number of nitrogens with zero attached hydrogens (tertiary/aromatic N) is 3. The first-order valence-electron chi connectivity index (χ1n) is 8.64. The number of rotatable bonds is 3. The molecule has 0 aromatic carbocycles. The van der Waals surface area contributed by atoms with Crippen LogP contribution in [0.15, 0.2) is 41.1 Å². The predicted molar refractivity (Wildman–Crippen MR) is 95.4 cm³/mol. The Morgan fingerprint density at radius 1 is 1.15 bits per heavy atom. The molecule has 0 bridgehead atoms. The summed E-state index contributed by atoms with van der Waals surface area (Å²) in [4.78, 5) is 20.7. The van der Waals surface area contributed by atoms with Gasteiger partial charge in [0, 0.05) is 37.1 Å². The molecule has 8 heteroatoms. The minimum atomic E-state index is -3.18. The van der Waals surface area contributed by atoms with Crippen molar-refractivity contribution in [1.29, 1.82) is 0 Å². The van der Waals surface area contributed by atoms with E-state index in [0.717, 1.165) is 11.5 Å². The fourth-order valence-electron chi connectivity index (χ4n) is 3.90. The smallest absolute Gasteiger partial charge is 0.254 e. The van der Waals surface area contributed by atoms with Crippen LogP contribution in [0, 0.1) is 6.92 Å². The highest BCUT2D eigenvalue weighted by Crippen LogP contribution is 2.29. The van der Waals surface area contributed by atoms with Crippen molar-refractivity contribution < 1.29 is 17.6 Å². The van der Waals surface area contributed by atoms with Gasteiger partial charge >= 0.3 is 0 Å². The second-order valence-electron chi connectivity index (χ2n) is 6.93. The number of hydrogen-bond donors (Lipinski definition) is 0. The number of carbonyl (C=O) groups excluding carboxylic acids is 1. The molecule has 2 aliphatic heterocycles. The molecule has 2 fully saturated rings. The average Bonchev–Trinajstić information content (AvgIpc) is 3.17. The van der Waals surface area contributed by atoms with Crippen LogP contribution in [-0.2, 0) is 16.4 Å². The van der Waals surface area contributed by atoms with Gasteiger partial charge in [0.1, 0.15) is 11.5 Å². The van der Waals surface area contributed by atoms with Crippen molar-refractivity contribution in [2.24, 2.45) is 0 Å². The summed E-state index contributed by atoms with van der Waals surface area (Å²) in [7, 11) is -3.18. The molecular formula is C18H21N3O4S. The van der Waals surface area contributed by atoms with Crippen molar-refractivity contribution in [3.05, 3.63) is 53.7 Å². The van der Waals surface area contributed by atoms with Crippen LogP contribution in [0.4, 0.5) is 0 Å². The highest BCUT2D eigenvalue weighted by molar-refractivity contribution is 7.91. The van der Waals surface area contributed by atoms with Crippen LogP contribution in [0.5, 0.6) is 0 Å². The van der Waals surface area contributed by atoms with Crippen molar-refractivity contribution in [3.8, 4) is 0 Å². The third-order valence-corrected chi connectivity index (χ3v) is 6.83. The molecule has 0 aliphatic carbocycles. The van der Waals surface area contributed by atoms with Crippen LogP contribution < -0.4 is 0 Å². The van der Waals surface area contributed by atoms with Gasteiger partial charge in [-0.25, -0.2) is 8.42 Å². The maximum atomic E-state index is 12.9. The fraction of sp³-hybridized carbons (Fsp3) is 0.444. The topological polar surface area (TPSA) is 83.7 Å². The second-order valence-corrected chi connectivity index (χ2v) is 9.08. The zero-order valence-corrected chi connectivity index (χ0v) is 15.4. The molecule has 2 saturated heterocycles. The van der Waals surface area contributed by atoms with Crippen LogP contribution in [0.1, 0.15) is 21.9 Å². The molecule has 0 spiro atoms. The van der Waals surface area contributed by atoms with E-state index in [1.807, 2.05) is 19.1 Å². The Morgan fingerprint density at radius 3 is 2.58 bits per heavy atom. The van der Waals surface area contributed by atoms with Crippen LogP contribution in [-0.4, -0.2) is 65.8 Å². The maximum absolute atomic E-state index is 12.9. The third-order valence-electron chi connectivity index (χ3n) is 5.13. The lowest BCUT2D eigenvalue weighted by Crippen LogP contribution is -2.60. The molecule has 4 rings (SSSR count). The molecule has 4 heterocycles. The van der Waals surface area contributed by atoms with Gasteiger partial charge in [0.2, 0.25) is 0 Å². The molecule has 0 saturated carbocycles. The Morgan fingerprint density at radius 2 is 1.88 bits per heavy atom. The Labute approximate surface area is 152 Å². The molecule has 1 amide bonds. The van der Waals surface area contributed by atoms with Gasteiger partial charge in [0.25, 0.3) is 5.91 Å². The van der Waals surface area contributed by atoms with Crippen LogP contribution in [0.25, 0.3) is 0 Å². The lowest BCUT2D eigenvalue weighted by molar-refractivity contribution is 0.0285. The summed E-state index contributed by atoms with van der Waals surface area (Å²) in [6, 6.07) is 6.62. The van der Waals surface area contributed by atoms with Crippen molar-refractivity contribution in [2.45, 2.75) is 25.6 Å². The van der Waals surface area contributed by atoms with Gasteiger partial charge in [0.15, 0.2) is 9.84 Å². The molecule has 0 unspecified atom stereocenters. The number of amides is 1. The van der Waals surface area contributed by atoms with Gasteiger partial charge in [-0.3, -0.25) is 14.7 Å². The SMILES string of the molecule is Cc1ccc(CN2CCN(C(=O)c3ccncc3)[C@H]3CS(=O)(=O)C[C@H]32)o1. The van der Waals surface area contributed by atoms with Gasteiger partial charge in [0.05, 0.1) is 24.1 Å². The Hall–Kier alpha value is -2.19. The van der Waals surface area contributed by atoms with Crippen LogP contribution >= 0.6 is 0 Å². The van der Waals surface area contributed by atoms with Crippen molar-refractivity contribution in [2.75, 3.05) is 24.6 Å². The number of piperazine rings is 1. The number of aromatic nitrogens is 1. The zero-order chi connectivity index (χ0) is 18.3. The predicted octanol–water partition coefficient (Wildman–Crippen LogP) is 1.11. The van der Waals surface area contributed by atoms with Gasteiger partial charge in [-0.15, -0.1) is 0 Å². The lowest BCUT2D eigenvalue weighted by atomic mass is 10.0. The van der Waals surface area contributed by atoms with E-state index in [2.05, 4.69) is 9.88 Å². The molecule has 0 radical (unpaired) electrons. The molecule has 26 heavy (non-hydrogen) atoms. The van der Waals surface area contributed by atoms with E-state index >= 15 is 0 Å². The van der Waals surface area contributed by atoms with E-state index in [1.54, 1.807) is 29.4 Å². The summed E-state index contributed by atoms with van der Waals surface area (Å²) in [6.45, 7) is 3.56. The summed E-state index contributed by atoms with van der Waals surface area (Å²) in [6.07, 6.45) is 3.15. The summed E-state index contributed by atoms with van der Waals surface area (Å²) >= 11 is 0. The highest BCUT2D eigenvalue weighted by Gasteiger charge is 2.48. The number of sulfone groups is 1. The van der Waals surface area contributed by atoms with Gasteiger partial charge in [-0.1, -0.05) is 0 Å². The van der Waals surface area contributed by atoms with Crippen molar-refractivity contribution >= 4 is 15.7 Å². The first kappa shape index (κ1) is 17.2. The summed E-state index contributed by atoms with van der Waals surface area (Å²) in [5, 5.41) is 0. The molecular weight excluding hydrogens is 354 g/mol. The normalized spacial score (nSPS) is 25.2. The Balaban J connectivity index is 1.58. The van der Waals surface area contributed by atoms with Crippen LogP contribution in [0.2, 0.25) is 0 Å². The molecule has 2 atom stereocenters. The van der Waals surface area contributed by atoms with E-state index in [4.69, 9.17) is 4.42 Å². The molecule has 0 N–H and O–H groups in total. The monoisotopic (exact) mass is 375 g/mol. The quantitative estimate of drug-likeness (QED) is 0.799. The maximum Gasteiger partial charge on any atom is 0.254 e. The molecule has 138 valence electrons. The number of carbonyl (C=O) groups is 1. The lowest BCUT2D eigenvalue weighted by Gasteiger charge is -2.43. The minimum absolute atomic E-state index is 0.0160. The van der Waals surface area contributed by atoms with Gasteiger partial charge in [-0.05, 0) is 31.2 Å². The molecule has 2 aromatic rings. The second kappa shape index (κ2) is 6.51. The highest BCUT2D eigenvalue weighted by atomic mass is 32.2. The average molecular weight is 375 g/mol. The van der Waals surface area contributed by atoms with Gasteiger partial charge in [-0.2, -0.15) is 0 Å². The largest absolute Gasteiger partial charge is 0.465 e. The minimum Gasteiger partial charge on any atom is -0.465 e. The Bertz CT molecular complexity index is 910. The third kappa shape index (κ3) is 3.26. The number of hydrogen-bond acceptors (Lipinski definition) is 6. The molecule has 2 aliphatic rings. The number of fused-ring (bicyclic) bond motifs is 1. The van der Waals surface area contributed by atoms with Crippen molar-refractivity contribution in [3.63, 3.8) is 0 Å². The van der Waals surface area contributed by atoms with Crippen LogP contribution in [0.3, 0.4) is 0 Å². The van der Waals surface area contributed by atoms with Gasteiger partial charge < -0.3 is 9.32 Å². The van der Waals surface area contributed by atoms with E-state index in [9.17, 15) is 13.2 Å². The fourth-order valence-corrected chi connectivity index (χ4v) is 5.92. The Kier molecular flexibility index (Phi) is 4.32. The first-order chi connectivity index (χ1) is 12.4. The molecule has 7 nitrogen and oxygen atoms in total. The van der Waals surface area contributed by atoms with E-state index < -0.39 is 9.84 Å². The standard InChI is InChI=1S/C18H21N3O4S/c1-13-2-3-15(25-13)10-20-8-9-21(17-12-26(23,24)11-16(17)20)18(22)14-4-6-19-7-5-14/h2-7,16-17H,8-12H2,1H3/t16-,17+/m1/s1. The summed E-state index contributed by atoms with van der Waals surface area (Å²) in [5.41, 5.74) is 0.540.